The molecule has 3 nitrogen and oxygen atoms in total. The van der Waals surface area contributed by atoms with Crippen molar-refractivity contribution in [3.8, 4) is 0 Å². The molecule has 13 heavy (non-hydrogen) atoms. The molecular weight excluding hydrogens is 164 g/mol. The molecule has 0 aliphatic heterocycles. The van der Waals surface area contributed by atoms with Crippen LogP contribution in [0, 0.1) is 0 Å². The highest BCUT2D eigenvalue weighted by atomic mass is 16.1. The van der Waals surface area contributed by atoms with Gasteiger partial charge >= 0.3 is 11.6 Å². The van der Waals surface area contributed by atoms with E-state index in [1.807, 2.05) is 6.07 Å². The second-order valence-electron chi connectivity index (χ2n) is 2.82. The highest BCUT2D eigenvalue weighted by Crippen LogP contribution is 1.99. The van der Waals surface area contributed by atoms with E-state index in [0.717, 1.165) is 5.71 Å². The second-order valence-corrected chi connectivity index (χ2v) is 2.82. The van der Waals surface area contributed by atoms with Crippen LogP contribution in [-0.4, -0.2) is 16.4 Å². The van der Waals surface area contributed by atoms with E-state index in [0.29, 0.717) is 5.56 Å². The van der Waals surface area contributed by atoms with Crippen LogP contribution in [0.5, 0.6) is 0 Å². The zero-order valence-electron chi connectivity index (χ0n) is 7.69. The van der Waals surface area contributed by atoms with Gasteiger partial charge in [-0.05, 0) is 12.1 Å². The minimum atomic E-state index is -0.304. The van der Waals surface area contributed by atoms with Crippen LogP contribution < -0.4 is 0 Å². The Hall–Kier alpha value is -1.73. The fraction of sp³-hybridized carbons (Fsp3) is 0.200. The second kappa shape index (κ2) is 4.33. The normalized spacial score (nSPS) is 8.77. The molecule has 0 spiro atoms. The van der Waals surface area contributed by atoms with Crippen LogP contribution in [0.15, 0.2) is 35.4 Å². The summed E-state index contributed by atoms with van der Waals surface area (Å²) < 4.78 is 0. The van der Waals surface area contributed by atoms with Crippen LogP contribution in [0.25, 0.3) is 0 Å². The van der Waals surface area contributed by atoms with Crippen molar-refractivity contribution >= 4 is 11.6 Å². The standard InChI is InChI=1S/C10H11N2O/c1-8(2)11-12-10(13)9-6-4-3-5-7-9/h3-7H,1-2H3/q+1. The Morgan fingerprint density at radius 2 is 1.85 bits per heavy atom. The molecule has 0 saturated heterocycles. The molecule has 3 heteroatoms. The summed E-state index contributed by atoms with van der Waals surface area (Å²) >= 11 is 0. The maximum Gasteiger partial charge on any atom is 0.357 e. The molecule has 0 heterocycles. The Balaban J connectivity index is 2.88. The number of amides is 1. The summed E-state index contributed by atoms with van der Waals surface area (Å²) in [7, 11) is 0. The van der Waals surface area contributed by atoms with Crippen LogP contribution in [0.2, 0.25) is 0 Å². The number of hydrogen-bond acceptors (Lipinski definition) is 1. The van der Waals surface area contributed by atoms with E-state index < -0.39 is 0 Å². The lowest BCUT2D eigenvalue weighted by molar-refractivity contribution is -0.0833. The van der Waals surface area contributed by atoms with E-state index in [9.17, 15) is 4.79 Å². The Bertz CT molecular complexity index is 358. The summed E-state index contributed by atoms with van der Waals surface area (Å²) in [5.74, 6) is -0.304. The van der Waals surface area contributed by atoms with Crippen LogP contribution in [-0.2, 0) is 0 Å². The van der Waals surface area contributed by atoms with Crippen molar-refractivity contribution in [3.63, 3.8) is 0 Å². The van der Waals surface area contributed by atoms with E-state index in [4.69, 9.17) is 0 Å². The lowest BCUT2D eigenvalue weighted by Crippen LogP contribution is -1.94. The Morgan fingerprint density at radius 3 is 2.38 bits per heavy atom. The van der Waals surface area contributed by atoms with Gasteiger partial charge in [0.1, 0.15) is 0 Å². The molecule has 0 aliphatic rings. The average Bonchev–Trinajstić information content (AvgIpc) is 2.15. The van der Waals surface area contributed by atoms with Crippen LogP contribution in [0.4, 0.5) is 0 Å². The largest absolute Gasteiger partial charge is 0.357 e. The lowest BCUT2D eigenvalue weighted by Gasteiger charge is -1.85. The number of hydrogen-bond donors (Lipinski definition) is 0. The van der Waals surface area contributed by atoms with E-state index in [2.05, 4.69) is 9.90 Å². The minimum Gasteiger partial charge on any atom is -0.259 e. The predicted octanol–water partition coefficient (Wildman–Crippen LogP) is 1.97. The SMILES string of the molecule is CC(C)=[N+]=NC(=O)c1ccccc1. The monoisotopic (exact) mass is 175 g/mol. The highest BCUT2D eigenvalue weighted by Gasteiger charge is 2.07. The first-order valence-corrected chi connectivity index (χ1v) is 4.01. The molecule has 1 rings (SSSR count). The zero-order valence-corrected chi connectivity index (χ0v) is 7.69. The molecule has 0 unspecified atom stereocenters. The highest BCUT2D eigenvalue weighted by molar-refractivity contribution is 5.94. The zero-order chi connectivity index (χ0) is 9.68. The fourth-order valence-corrected chi connectivity index (χ4v) is 0.784. The molecule has 66 valence electrons. The molecule has 0 bridgehead atoms. The Labute approximate surface area is 76.8 Å². The summed E-state index contributed by atoms with van der Waals surface area (Å²) in [5, 5.41) is 3.54. The number of carbonyl (C=O) groups is 1. The van der Waals surface area contributed by atoms with E-state index >= 15 is 0 Å². The van der Waals surface area contributed by atoms with Gasteiger partial charge in [0.2, 0.25) is 0 Å². The predicted molar refractivity (Wildman–Crippen MR) is 49.8 cm³/mol. The molecule has 0 radical (unpaired) electrons. The van der Waals surface area contributed by atoms with E-state index in [1.54, 1.807) is 38.1 Å². The minimum absolute atomic E-state index is 0.304. The quantitative estimate of drug-likeness (QED) is 0.365. The number of rotatable bonds is 1. The number of carbonyl (C=O) groups excluding carboxylic acids is 1. The molecule has 0 fully saturated rings. The Morgan fingerprint density at radius 1 is 1.23 bits per heavy atom. The van der Waals surface area contributed by atoms with E-state index in [-0.39, 0.29) is 5.91 Å². The third kappa shape index (κ3) is 3.01. The van der Waals surface area contributed by atoms with Crippen molar-refractivity contribution < 1.29 is 9.58 Å². The van der Waals surface area contributed by atoms with Crippen LogP contribution in [0.3, 0.4) is 0 Å². The first kappa shape index (κ1) is 9.36. The van der Waals surface area contributed by atoms with Gasteiger partial charge in [-0.3, -0.25) is 4.79 Å². The average molecular weight is 175 g/mol. The molecule has 1 amide bonds. The topological polar surface area (TPSA) is 43.5 Å². The summed E-state index contributed by atoms with van der Waals surface area (Å²) in [6.07, 6.45) is 0. The van der Waals surface area contributed by atoms with Gasteiger partial charge in [-0.1, -0.05) is 18.2 Å². The number of benzene rings is 1. The lowest BCUT2D eigenvalue weighted by atomic mass is 10.2. The van der Waals surface area contributed by atoms with Gasteiger partial charge in [0.25, 0.3) is 0 Å². The molecule has 1 aromatic carbocycles. The van der Waals surface area contributed by atoms with Gasteiger partial charge in [-0.2, -0.15) is 0 Å². The molecule has 0 aliphatic carbocycles. The summed E-state index contributed by atoms with van der Waals surface area (Å²) in [4.78, 5) is 15.0. The van der Waals surface area contributed by atoms with Gasteiger partial charge in [-0.15, -0.1) is 0 Å². The summed E-state index contributed by atoms with van der Waals surface area (Å²) in [5.41, 5.74) is 1.33. The molecule has 0 N–H and O–H groups in total. The summed E-state index contributed by atoms with van der Waals surface area (Å²) in [6, 6.07) is 8.88. The maximum absolute atomic E-state index is 11.3. The molecule has 0 saturated carbocycles. The van der Waals surface area contributed by atoms with Crippen LogP contribution in [0.1, 0.15) is 24.2 Å². The first-order valence-electron chi connectivity index (χ1n) is 4.01. The van der Waals surface area contributed by atoms with Gasteiger partial charge in [-0.25, -0.2) is 0 Å². The summed E-state index contributed by atoms with van der Waals surface area (Å²) in [6.45, 7) is 3.59. The van der Waals surface area contributed by atoms with Crippen molar-refractivity contribution in [3.05, 3.63) is 35.9 Å². The third-order valence-corrected chi connectivity index (χ3v) is 1.36. The van der Waals surface area contributed by atoms with Crippen molar-refractivity contribution in [1.29, 1.82) is 0 Å². The van der Waals surface area contributed by atoms with Crippen molar-refractivity contribution in [2.75, 3.05) is 0 Å². The van der Waals surface area contributed by atoms with Gasteiger partial charge in [0.05, 0.1) is 4.79 Å². The smallest absolute Gasteiger partial charge is 0.259 e. The van der Waals surface area contributed by atoms with Gasteiger partial charge < -0.3 is 0 Å². The van der Waals surface area contributed by atoms with Crippen LogP contribution >= 0.6 is 0 Å². The van der Waals surface area contributed by atoms with Crippen molar-refractivity contribution in [1.82, 2.24) is 0 Å². The Kier molecular flexibility index (Phi) is 3.12. The molecule has 0 aromatic heterocycles. The third-order valence-electron chi connectivity index (χ3n) is 1.36. The van der Waals surface area contributed by atoms with Crippen molar-refractivity contribution in [2.45, 2.75) is 13.8 Å². The molecule has 1 aromatic rings. The maximum atomic E-state index is 11.3. The molecular formula is C10H11N2O+. The first-order chi connectivity index (χ1) is 6.20. The van der Waals surface area contributed by atoms with Gasteiger partial charge in [0, 0.05) is 19.4 Å². The van der Waals surface area contributed by atoms with Gasteiger partial charge in [0.15, 0.2) is 5.11 Å². The van der Waals surface area contributed by atoms with Crippen molar-refractivity contribution in [2.24, 2.45) is 5.11 Å². The van der Waals surface area contributed by atoms with E-state index in [1.165, 1.54) is 0 Å². The molecule has 0 atom stereocenters. The number of nitrogens with zero attached hydrogens (tertiary/aromatic N) is 2. The fourth-order valence-electron chi connectivity index (χ4n) is 0.784.